The molecule has 2 heteroatoms. The molecule has 0 N–H and O–H groups in total. The quantitative estimate of drug-likeness (QED) is 0.0892. The molecule has 0 rings (SSSR count). The van der Waals surface area contributed by atoms with Gasteiger partial charge in [-0.3, -0.25) is 0 Å². The van der Waals surface area contributed by atoms with E-state index in [2.05, 4.69) is 55.4 Å². The summed E-state index contributed by atoms with van der Waals surface area (Å²) in [6, 6.07) is 0. The Hall–Kier alpha value is 1.60. The maximum atomic E-state index is 2.68. The molecule has 0 atom stereocenters. The zero-order valence-corrected chi connectivity index (χ0v) is 30.8. The summed E-state index contributed by atoms with van der Waals surface area (Å²) in [5.74, 6) is 0. The van der Waals surface area contributed by atoms with E-state index in [-0.39, 0.29) is 0 Å². The van der Waals surface area contributed by atoms with Gasteiger partial charge in [0.15, 0.2) is 0 Å². The molecule has 0 aliphatic heterocycles. The Kier molecular flexibility index (Phi) is 21.6. The average molecular weight is 678 g/mol. The molecule has 0 amide bonds. The van der Waals surface area contributed by atoms with Crippen LogP contribution in [0.25, 0.3) is 0 Å². The predicted molar refractivity (Wildman–Crippen MR) is 162 cm³/mol. The van der Waals surface area contributed by atoms with E-state index in [9.17, 15) is 0 Å². The Labute approximate surface area is 221 Å². The van der Waals surface area contributed by atoms with Gasteiger partial charge in [0.2, 0.25) is 0 Å². The summed E-state index contributed by atoms with van der Waals surface area (Å²) in [6.07, 6.45) is 20.9. The van der Waals surface area contributed by atoms with Crippen LogP contribution >= 0.6 is 0 Å². The summed E-state index contributed by atoms with van der Waals surface area (Å²) < 4.78 is 13.6. The van der Waals surface area contributed by atoms with E-state index in [1.807, 2.05) is 0 Å². The van der Waals surface area contributed by atoms with Gasteiger partial charge < -0.3 is 0 Å². The fourth-order valence-electron chi connectivity index (χ4n) is 6.14. The monoisotopic (exact) mass is 680 g/mol. The Balaban J connectivity index is 5.33. The van der Waals surface area contributed by atoms with Gasteiger partial charge in [0, 0.05) is 0 Å². The Morgan fingerprint density at radius 1 is 0.364 bits per heavy atom. The molecular weight excluding hydrogens is 610 g/mol. The van der Waals surface area contributed by atoms with Gasteiger partial charge in [0.1, 0.15) is 0 Å². The van der Waals surface area contributed by atoms with Crippen molar-refractivity contribution in [3.05, 3.63) is 0 Å². The van der Waals surface area contributed by atoms with E-state index in [1.165, 1.54) is 77.0 Å². The first-order valence-electron chi connectivity index (χ1n) is 15.8. The number of unbranched alkanes of at least 4 members (excludes halogenated alkanes) is 6. The van der Waals surface area contributed by atoms with Crippen molar-refractivity contribution in [2.24, 2.45) is 5.41 Å². The summed E-state index contributed by atoms with van der Waals surface area (Å²) in [4.78, 5) is 0. The molecule has 0 fully saturated rings. The molecule has 0 saturated carbocycles. The molecule has 0 bridgehead atoms. The Morgan fingerprint density at radius 2 is 0.576 bits per heavy atom. The van der Waals surface area contributed by atoms with Crippen LogP contribution in [-0.2, 0) is 0 Å². The maximum absolute atomic E-state index is 2.68. The Bertz CT molecular complexity index is 347. The molecule has 0 aliphatic carbocycles. The topological polar surface area (TPSA) is 0 Å². The van der Waals surface area contributed by atoms with Crippen LogP contribution < -0.4 is 0 Å². The van der Waals surface area contributed by atoms with Crippen molar-refractivity contribution in [1.82, 2.24) is 0 Å². The van der Waals surface area contributed by atoms with Crippen molar-refractivity contribution < 1.29 is 0 Å². The summed E-state index contributed by atoms with van der Waals surface area (Å²) in [7, 11) is 0. The summed E-state index contributed by atoms with van der Waals surface area (Å²) in [5, 5.41) is 0. The first-order valence-corrected chi connectivity index (χ1v) is 31.9. The van der Waals surface area contributed by atoms with Crippen molar-refractivity contribution in [3.63, 3.8) is 0 Å². The van der Waals surface area contributed by atoms with Crippen LogP contribution in [-0.4, -0.2) is 36.8 Å². The van der Waals surface area contributed by atoms with Crippen molar-refractivity contribution in [1.29, 1.82) is 0 Å². The molecule has 0 unspecified atom stereocenters. The van der Waals surface area contributed by atoms with Gasteiger partial charge in [0.25, 0.3) is 0 Å². The third kappa shape index (κ3) is 16.1. The van der Waals surface area contributed by atoms with Crippen LogP contribution in [0.4, 0.5) is 0 Å². The van der Waals surface area contributed by atoms with E-state index in [1.54, 1.807) is 48.3 Å². The van der Waals surface area contributed by atoms with Gasteiger partial charge in [-0.15, -0.1) is 0 Å². The molecular formula is C31H68Sn2. The van der Waals surface area contributed by atoms with E-state index >= 15 is 0 Å². The summed E-state index contributed by atoms with van der Waals surface area (Å²) >= 11 is -3.95. The summed E-state index contributed by atoms with van der Waals surface area (Å²) in [5.41, 5.74) is 0.597. The standard InChI is InChI=1S/C7H14.6C4H9.2Sn/c1-5-7(3,4)6-2;6*1-3-4-2;;/h1-2,5-6H2,3-4H3;6*1,3-4H2,2H3;;. The molecule has 33 heavy (non-hydrogen) atoms. The van der Waals surface area contributed by atoms with E-state index in [0.29, 0.717) is 5.41 Å². The molecule has 0 aromatic heterocycles. The SMILES string of the molecule is CCC[CH2][Sn]([CH2]CCC)([CH2]CCC)[CH2]CC(C)(C)C[CH2][Sn]([CH2]CCC)([CH2]CCC)[CH2]CCC. The molecule has 0 spiro atoms. The number of hydrogen-bond acceptors (Lipinski definition) is 0. The fraction of sp³-hybridized carbons (Fsp3) is 1.00. The van der Waals surface area contributed by atoms with Crippen molar-refractivity contribution in [2.45, 2.75) is 181 Å². The van der Waals surface area contributed by atoms with Crippen LogP contribution in [0.5, 0.6) is 0 Å². The molecule has 200 valence electrons. The minimum atomic E-state index is -1.98. The predicted octanol–water partition coefficient (Wildman–Crippen LogP) is 12.5. The van der Waals surface area contributed by atoms with Gasteiger partial charge in [-0.25, -0.2) is 0 Å². The minimum absolute atomic E-state index is 0.597. The molecule has 0 aromatic carbocycles. The first kappa shape index (κ1) is 34.6. The molecule has 0 nitrogen and oxygen atoms in total. The molecule has 0 aromatic rings. The van der Waals surface area contributed by atoms with Crippen LogP contribution in [0, 0.1) is 5.41 Å². The van der Waals surface area contributed by atoms with Crippen molar-refractivity contribution in [2.75, 3.05) is 0 Å². The van der Waals surface area contributed by atoms with E-state index < -0.39 is 36.8 Å². The summed E-state index contributed by atoms with van der Waals surface area (Å²) in [6.45, 7) is 19.9. The second-order valence-electron chi connectivity index (χ2n) is 12.8. The third-order valence-electron chi connectivity index (χ3n) is 9.03. The van der Waals surface area contributed by atoms with Crippen molar-refractivity contribution >= 4 is 36.8 Å². The van der Waals surface area contributed by atoms with Crippen LogP contribution in [0.15, 0.2) is 0 Å². The van der Waals surface area contributed by atoms with E-state index in [4.69, 9.17) is 0 Å². The molecule has 0 heterocycles. The zero-order valence-electron chi connectivity index (χ0n) is 25.1. The van der Waals surface area contributed by atoms with Crippen LogP contribution in [0.1, 0.15) is 145 Å². The third-order valence-corrected chi connectivity index (χ3v) is 40.7. The zero-order chi connectivity index (χ0) is 25.1. The fourth-order valence-corrected chi connectivity index (χ4v) is 40.5. The van der Waals surface area contributed by atoms with Crippen LogP contribution in [0.3, 0.4) is 0 Å². The van der Waals surface area contributed by atoms with Gasteiger partial charge in [-0.05, 0) is 0 Å². The molecule has 0 radical (unpaired) electrons. The molecule has 0 aliphatic rings. The first-order chi connectivity index (χ1) is 15.8. The average Bonchev–Trinajstić information content (AvgIpc) is 2.82. The Morgan fingerprint density at radius 3 is 0.758 bits per heavy atom. The second-order valence-corrected chi connectivity index (χ2v) is 41.3. The van der Waals surface area contributed by atoms with Crippen molar-refractivity contribution in [3.8, 4) is 0 Å². The van der Waals surface area contributed by atoms with Gasteiger partial charge >= 0.3 is 223 Å². The normalized spacial score (nSPS) is 13.1. The van der Waals surface area contributed by atoms with Gasteiger partial charge in [-0.1, -0.05) is 0 Å². The molecule has 0 saturated heterocycles. The van der Waals surface area contributed by atoms with Gasteiger partial charge in [0.05, 0.1) is 0 Å². The number of hydrogen-bond donors (Lipinski definition) is 0. The number of rotatable bonds is 24. The van der Waals surface area contributed by atoms with E-state index in [0.717, 1.165) is 0 Å². The van der Waals surface area contributed by atoms with Gasteiger partial charge in [-0.2, -0.15) is 0 Å². The van der Waals surface area contributed by atoms with Crippen LogP contribution in [0.2, 0.25) is 35.5 Å². The second kappa shape index (κ2) is 20.6.